The number of pyridine rings is 1. The minimum absolute atomic E-state index is 0.163. The summed E-state index contributed by atoms with van der Waals surface area (Å²) in [7, 11) is 1.58. The summed E-state index contributed by atoms with van der Waals surface area (Å²) in [6.07, 6.45) is 3.72. The van der Waals surface area contributed by atoms with Crippen LogP contribution in [-0.2, 0) is 4.74 Å². The highest BCUT2D eigenvalue weighted by Crippen LogP contribution is 2.25. The average Bonchev–Trinajstić information content (AvgIpc) is 2.96. The molecule has 2 aliphatic heterocycles. The van der Waals surface area contributed by atoms with Gasteiger partial charge in [0.1, 0.15) is 11.5 Å². The predicted molar refractivity (Wildman–Crippen MR) is 76.2 cm³/mol. The van der Waals surface area contributed by atoms with Crippen LogP contribution in [0.5, 0.6) is 5.88 Å². The highest BCUT2D eigenvalue weighted by molar-refractivity contribution is 5.55. The van der Waals surface area contributed by atoms with Gasteiger partial charge < -0.3 is 25.0 Å². The van der Waals surface area contributed by atoms with Gasteiger partial charge in [0.15, 0.2) is 0 Å². The van der Waals surface area contributed by atoms with Crippen molar-refractivity contribution in [1.29, 1.82) is 0 Å². The van der Waals surface area contributed by atoms with E-state index >= 15 is 0 Å². The Morgan fingerprint density at radius 2 is 2.48 bits per heavy atom. The third-order valence-corrected chi connectivity index (χ3v) is 3.66. The molecule has 0 amide bonds. The lowest BCUT2D eigenvalue weighted by molar-refractivity contribution is -0.0897. The second kappa shape index (κ2) is 6.17. The molecule has 0 bridgehead atoms. The van der Waals surface area contributed by atoms with Gasteiger partial charge in [-0.25, -0.2) is 9.37 Å². The van der Waals surface area contributed by atoms with Crippen molar-refractivity contribution in [2.24, 2.45) is 0 Å². The molecule has 1 aromatic heterocycles. The van der Waals surface area contributed by atoms with Crippen molar-refractivity contribution in [3.05, 3.63) is 30.4 Å². The van der Waals surface area contributed by atoms with Gasteiger partial charge in [-0.15, -0.1) is 0 Å². The van der Waals surface area contributed by atoms with Crippen LogP contribution in [0.25, 0.3) is 0 Å². The Balaban J connectivity index is 1.66. The van der Waals surface area contributed by atoms with E-state index < -0.39 is 6.36 Å². The van der Waals surface area contributed by atoms with Crippen molar-refractivity contribution in [2.75, 3.05) is 25.7 Å². The summed E-state index contributed by atoms with van der Waals surface area (Å²) >= 11 is 0. The summed E-state index contributed by atoms with van der Waals surface area (Å²) in [5, 5.41) is 6.48. The molecular weight excluding hydrogens is 275 g/mol. The molecule has 3 rings (SSSR count). The van der Waals surface area contributed by atoms with Gasteiger partial charge in [-0.05, 0) is 18.6 Å². The molecule has 3 heterocycles. The van der Waals surface area contributed by atoms with Crippen LogP contribution in [0, 0.1) is 0 Å². The van der Waals surface area contributed by atoms with Crippen LogP contribution in [0.3, 0.4) is 0 Å². The van der Waals surface area contributed by atoms with E-state index in [9.17, 15) is 4.39 Å². The molecule has 0 aliphatic carbocycles. The minimum atomic E-state index is -1.16. The minimum Gasteiger partial charge on any atom is -0.480 e. The van der Waals surface area contributed by atoms with Crippen molar-refractivity contribution in [3.8, 4) is 5.88 Å². The number of anilines is 1. The summed E-state index contributed by atoms with van der Waals surface area (Å²) < 4.78 is 23.4. The molecule has 114 valence electrons. The zero-order chi connectivity index (χ0) is 14.7. The van der Waals surface area contributed by atoms with E-state index in [2.05, 4.69) is 20.5 Å². The quantitative estimate of drug-likeness (QED) is 0.880. The molecule has 21 heavy (non-hydrogen) atoms. The van der Waals surface area contributed by atoms with Crippen LogP contribution in [0.15, 0.2) is 30.4 Å². The highest BCUT2D eigenvalue weighted by Gasteiger charge is 2.28. The fraction of sp³-hybridized carbons (Fsp3) is 0.500. The van der Waals surface area contributed by atoms with Gasteiger partial charge in [-0.2, -0.15) is 0 Å². The van der Waals surface area contributed by atoms with Crippen LogP contribution in [-0.4, -0.2) is 42.7 Å². The number of nitrogens with one attached hydrogen (secondary N) is 2. The predicted octanol–water partition coefficient (Wildman–Crippen LogP) is 1.64. The Bertz CT molecular complexity index is 525. The molecule has 6 nitrogen and oxygen atoms in total. The first-order valence-electron chi connectivity index (χ1n) is 6.99. The number of methoxy groups -OCH3 is 1. The summed E-state index contributed by atoms with van der Waals surface area (Å²) in [5.74, 6) is 1.39. The standard InChI is InChI=1S/C14H19FN4O2/c1-20-14-11(3-2-5-16-14)18-13-8-19(9-17-13)10-4-6-21-12(15)7-10/h2-3,5,8,10,12,17-18H,4,6-7,9H2,1H3. The molecule has 1 saturated heterocycles. The number of alkyl halides is 1. The first-order chi connectivity index (χ1) is 10.3. The van der Waals surface area contributed by atoms with E-state index in [1.54, 1.807) is 13.3 Å². The molecular formula is C14H19FN4O2. The molecule has 1 aromatic rings. The van der Waals surface area contributed by atoms with Gasteiger partial charge >= 0.3 is 0 Å². The van der Waals surface area contributed by atoms with Crippen LogP contribution in [0.1, 0.15) is 12.8 Å². The van der Waals surface area contributed by atoms with Crippen molar-refractivity contribution < 1.29 is 13.9 Å². The Morgan fingerprint density at radius 3 is 3.29 bits per heavy atom. The number of hydrogen-bond acceptors (Lipinski definition) is 6. The third-order valence-electron chi connectivity index (χ3n) is 3.66. The number of hydrogen-bond donors (Lipinski definition) is 2. The van der Waals surface area contributed by atoms with Crippen molar-refractivity contribution >= 4 is 5.69 Å². The summed E-state index contributed by atoms with van der Waals surface area (Å²) in [6.45, 7) is 1.12. The van der Waals surface area contributed by atoms with Crippen molar-refractivity contribution in [2.45, 2.75) is 25.2 Å². The van der Waals surface area contributed by atoms with Gasteiger partial charge in [0.2, 0.25) is 12.2 Å². The molecule has 0 spiro atoms. The van der Waals surface area contributed by atoms with Crippen LogP contribution in [0.4, 0.5) is 10.1 Å². The topological polar surface area (TPSA) is 58.7 Å². The summed E-state index contributed by atoms with van der Waals surface area (Å²) in [6, 6.07) is 3.89. The number of ether oxygens (including phenoxy) is 2. The Kier molecular flexibility index (Phi) is 4.10. The Hall–Kier alpha value is -2.02. The molecule has 2 unspecified atom stereocenters. The summed E-state index contributed by atoms with van der Waals surface area (Å²) in [4.78, 5) is 6.24. The van der Waals surface area contributed by atoms with Crippen LogP contribution in [0.2, 0.25) is 0 Å². The second-order valence-corrected chi connectivity index (χ2v) is 5.04. The lowest BCUT2D eigenvalue weighted by Crippen LogP contribution is -2.39. The number of halogens is 1. The molecule has 2 aliphatic rings. The average molecular weight is 294 g/mol. The maximum atomic E-state index is 13.3. The van der Waals surface area contributed by atoms with Gasteiger partial charge in [0, 0.05) is 24.9 Å². The van der Waals surface area contributed by atoms with E-state index in [0.717, 1.165) is 17.9 Å². The normalized spacial score (nSPS) is 25.2. The molecule has 1 fully saturated rings. The fourth-order valence-corrected chi connectivity index (χ4v) is 2.57. The third kappa shape index (κ3) is 3.18. The smallest absolute Gasteiger partial charge is 0.237 e. The van der Waals surface area contributed by atoms with Gasteiger partial charge in [-0.3, -0.25) is 0 Å². The first kappa shape index (κ1) is 13.9. The highest BCUT2D eigenvalue weighted by atomic mass is 19.1. The molecule has 0 saturated carbocycles. The molecule has 2 N–H and O–H groups in total. The van der Waals surface area contributed by atoms with E-state index in [1.165, 1.54) is 0 Å². The van der Waals surface area contributed by atoms with Gasteiger partial charge in [0.05, 0.1) is 20.4 Å². The zero-order valence-electron chi connectivity index (χ0n) is 11.9. The summed E-state index contributed by atoms with van der Waals surface area (Å²) in [5.41, 5.74) is 0.788. The van der Waals surface area contributed by atoms with Gasteiger partial charge in [0.25, 0.3) is 0 Å². The largest absolute Gasteiger partial charge is 0.480 e. The van der Waals surface area contributed by atoms with E-state index in [1.807, 2.05) is 18.3 Å². The number of nitrogens with zero attached hydrogens (tertiary/aromatic N) is 2. The Morgan fingerprint density at radius 1 is 1.57 bits per heavy atom. The lowest BCUT2D eigenvalue weighted by Gasteiger charge is -2.31. The van der Waals surface area contributed by atoms with E-state index in [0.29, 0.717) is 25.6 Å². The van der Waals surface area contributed by atoms with Crippen molar-refractivity contribution in [3.63, 3.8) is 0 Å². The second-order valence-electron chi connectivity index (χ2n) is 5.04. The molecule has 0 aromatic carbocycles. The molecule has 7 heteroatoms. The lowest BCUT2D eigenvalue weighted by atomic mass is 10.1. The van der Waals surface area contributed by atoms with Crippen molar-refractivity contribution in [1.82, 2.24) is 15.2 Å². The van der Waals surface area contributed by atoms with Gasteiger partial charge in [-0.1, -0.05) is 0 Å². The van der Waals surface area contributed by atoms with E-state index in [4.69, 9.17) is 9.47 Å². The molecule has 0 radical (unpaired) electrons. The number of rotatable bonds is 4. The monoisotopic (exact) mass is 294 g/mol. The SMILES string of the molecule is COc1ncccc1NC1=CN(C2CCOC(F)C2)CN1. The Labute approximate surface area is 122 Å². The van der Waals surface area contributed by atoms with Crippen LogP contribution < -0.4 is 15.4 Å². The zero-order valence-corrected chi connectivity index (χ0v) is 11.9. The molecule has 2 atom stereocenters. The maximum absolute atomic E-state index is 13.3. The van der Waals surface area contributed by atoms with E-state index in [-0.39, 0.29) is 6.04 Å². The van der Waals surface area contributed by atoms with Crippen LogP contribution >= 0.6 is 0 Å². The number of aromatic nitrogens is 1. The maximum Gasteiger partial charge on any atom is 0.237 e. The fourth-order valence-electron chi connectivity index (χ4n) is 2.57. The first-order valence-corrected chi connectivity index (χ1v) is 6.99.